The topological polar surface area (TPSA) is 33.3 Å². The Balaban J connectivity index is 2.21. The summed E-state index contributed by atoms with van der Waals surface area (Å²) in [6.45, 7) is 7.35. The second-order valence-corrected chi connectivity index (χ2v) is 5.43. The summed E-state index contributed by atoms with van der Waals surface area (Å²) < 4.78 is 6.23. The molecule has 0 aliphatic rings. The fourth-order valence-electron chi connectivity index (χ4n) is 1.67. The van der Waals surface area contributed by atoms with Gasteiger partial charge in [-0.25, -0.2) is 0 Å². The second-order valence-electron chi connectivity index (χ2n) is 4.58. The van der Waals surface area contributed by atoms with Gasteiger partial charge in [0.15, 0.2) is 0 Å². The molecular formula is C14H23BrN2O. The summed E-state index contributed by atoms with van der Waals surface area (Å²) in [5.41, 5.74) is 1.31. The number of hydrogen-bond donors (Lipinski definition) is 2. The van der Waals surface area contributed by atoms with Crippen molar-refractivity contribution in [1.82, 2.24) is 10.6 Å². The Morgan fingerprint density at radius 2 is 2.00 bits per heavy atom. The summed E-state index contributed by atoms with van der Waals surface area (Å²) in [6.07, 6.45) is 1.03. The van der Waals surface area contributed by atoms with Crippen molar-refractivity contribution in [2.45, 2.75) is 26.3 Å². The smallest absolute Gasteiger partial charge is 0.133 e. The fourth-order valence-corrected chi connectivity index (χ4v) is 2.26. The van der Waals surface area contributed by atoms with Crippen LogP contribution in [0, 0.1) is 0 Å². The highest BCUT2D eigenvalue weighted by Gasteiger charge is 2.01. The zero-order valence-electron chi connectivity index (χ0n) is 11.4. The monoisotopic (exact) mass is 314 g/mol. The van der Waals surface area contributed by atoms with E-state index in [4.69, 9.17) is 4.74 Å². The van der Waals surface area contributed by atoms with Crippen LogP contribution in [0.2, 0.25) is 0 Å². The summed E-state index contributed by atoms with van der Waals surface area (Å²) in [4.78, 5) is 0. The highest BCUT2D eigenvalue weighted by Crippen LogP contribution is 2.25. The van der Waals surface area contributed by atoms with E-state index in [0.717, 1.165) is 36.3 Å². The van der Waals surface area contributed by atoms with E-state index in [2.05, 4.69) is 52.5 Å². The minimum Gasteiger partial charge on any atom is -0.496 e. The van der Waals surface area contributed by atoms with Gasteiger partial charge in [0.25, 0.3) is 0 Å². The molecule has 2 N–H and O–H groups in total. The van der Waals surface area contributed by atoms with Crippen molar-refractivity contribution in [1.29, 1.82) is 0 Å². The number of hydrogen-bond acceptors (Lipinski definition) is 3. The molecule has 102 valence electrons. The third kappa shape index (κ3) is 5.85. The van der Waals surface area contributed by atoms with Crippen molar-refractivity contribution in [2.75, 3.05) is 26.7 Å². The molecule has 1 aromatic rings. The normalized spacial score (nSPS) is 10.9. The first-order valence-corrected chi connectivity index (χ1v) is 7.19. The van der Waals surface area contributed by atoms with Gasteiger partial charge in [0, 0.05) is 19.1 Å². The Morgan fingerprint density at radius 1 is 1.22 bits per heavy atom. The highest BCUT2D eigenvalue weighted by molar-refractivity contribution is 9.10. The molecule has 0 atom stereocenters. The SMILES string of the molecule is COc1ccc(CCNCCNC(C)C)cc1Br. The van der Waals surface area contributed by atoms with Gasteiger partial charge in [-0.3, -0.25) is 0 Å². The molecule has 0 aliphatic heterocycles. The molecule has 0 heterocycles. The minimum absolute atomic E-state index is 0.560. The van der Waals surface area contributed by atoms with Crippen molar-refractivity contribution in [3.05, 3.63) is 28.2 Å². The first-order chi connectivity index (χ1) is 8.63. The lowest BCUT2D eigenvalue weighted by atomic mass is 10.1. The number of rotatable bonds is 8. The van der Waals surface area contributed by atoms with Crippen LogP contribution in [0.3, 0.4) is 0 Å². The Hall–Kier alpha value is -0.580. The van der Waals surface area contributed by atoms with Crippen LogP contribution in [0.1, 0.15) is 19.4 Å². The van der Waals surface area contributed by atoms with E-state index in [1.807, 2.05) is 6.07 Å². The third-order valence-electron chi connectivity index (χ3n) is 2.66. The Morgan fingerprint density at radius 3 is 2.61 bits per heavy atom. The average Bonchev–Trinajstić information content (AvgIpc) is 2.33. The van der Waals surface area contributed by atoms with Gasteiger partial charge in [0.2, 0.25) is 0 Å². The van der Waals surface area contributed by atoms with E-state index in [-0.39, 0.29) is 0 Å². The van der Waals surface area contributed by atoms with Crippen molar-refractivity contribution in [3.63, 3.8) is 0 Å². The maximum absolute atomic E-state index is 5.21. The van der Waals surface area contributed by atoms with Crippen molar-refractivity contribution >= 4 is 15.9 Å². The Kier molecular flexibility index (Phi) is 7.32. The zero-order valence-corrected chi connectivity index (χ0v) is 13.0. The molecule has 0 fully saturated rings. The first kappa shape index (κ1) is 15.5. The number of halogens is 1. The van der Waals surface area contributed by atoms with Crippen LogP contribution >= 0.6 is 15.9 Å². The van der Waals surface area contributed by atoms with E-state index >= 15 is 0 Å². The molecule has 4 heteroatoms. The van der Waals surface area contributed by atoms with Gasteiger partial charge in [-0.15, -0.1) is 0 Å². The molecule has 0 radical (unpaired) electrons. The molecule has 0 bridgehead atoms. The van der Waals surface area contributed by atoms with Gasteiger partial charge in [-0.1, -0.05) is 19.9 Å². The molecule has 0 unspecified atom stereocenters. The molecule has 0 aromatic heterocycles. The van der Waals surface area contributed by atoms with Crippen LogP contribution in [0.25, 0.3) is 0 Å². The van der Waals surface area contributed by atoms with Gasteiger partial charge in [-0.2, -0.15) is 0 Å². The van der Waals surface area contributed by atoms with Gasteiger partial charge in [0.05, 0.1) is 11.6 Å². The summed E-state index contributed by atoms with van der Waals surface area (Å²) in [7, 11) is 1.68. The van der Waals surface area contributed by atoms with E-state index in [9.17, 15) is 0 Å². The minimum atomic E-state index is 0.560. The number of methoxy groups -OCH3 is 1. The van der Waals surface area contributed by atoms with Gasteiger partial charge < -0.3 is 15.4 Å². The molecule has 0 saturated carbocycles. The van der Waals surface area contributed by atoms with Crippen molar-refractivity contribution in [3.8, 4) is 5.75 Å². The molecule has 0 saturated heterocycles. The lowest BCUT2D eigenvalue weighted by molar-refractivity contribution is 0.412. The molecular weight excluding hydrogens is 292 g/mol. The largest absolute Gasteiger partial charge is 0.496 e. The standard InChI is InChI=1S/C14H23BrN2O/c1-11(2)17-9-8-16-7-6-12-4-5-14(18-3)13(15)10-12/h4-5,10-11,16-17H,6-9H2,1-3H3. The predicted octanol–water partition coefficient (Wildman–Crippen LogP) is 2.59. The van der Waals surface area contributed by atoms with Crippen molar-refractivity contribution < 1.29 is 4.74 Å². The summed E-state index contributed by atoms with van der Waals surface area (Å²) in [5.74, 6) is 0.882. The van der Waals surface area contributed by atoms with E-state index in [1.54, 1.807) is 7.11 Å². The Labute approximate surface area is 118 Å². The van der Waals surface area contributed by atoms with Crippen molar-refractivity contribution in [2.24, 2.45) is 0 Å². The third-order valence-corrected chi connectivity index (χ3v) is 3.28. The zero-order chi connectivity index (χ0) is 13.4. The average molecular weight is 315 g/mol. The number of nitrogens with one attached hydrogen (secondary N) is 2. The molecule has 0 spiro atoms. The molecule has 1 aromatic carbocycles. The number of benzene rings is 1. The maximum Gasteiger partial charge on any atom is 0.133 e. The van der Waals surface area contributed by atoms with Gasteiger partial charge in [-0.05, 0) is 46.6 Å². The van der Waals surface area contributed by atoms with Crippen LogP contribution in [-0.2, 0) is 6.42 Å². The van der Waals surface area contributed by atoms with Crippen LogP contribution in [0.4, 0.5) is 0 Å². The fraction of sp³-hybridized carbons (Fsp3) is 0.571. The quantitative estimate of drug-likeness (QED) is 0.724. The molecule has 0 amide bonds. The van der Waals surface area contributed by atoms with Gasteiger partial charge >= 0.3 is 0 Å². The summed E-state index contributed by atoms with van der Waals surface area (Å²) in [5, 5.41) is 6.81. The molecule has 3 nitrogen and oxygen atoms in total. The van der Waals surface area contributed by atoms with Crippen LogP contribution in [0.15, 0.2) is 22.7 Å². The lowest BCUT2D eigenvalue weighted by Crippen LogP contribution is -2.32. The summed E-state index contributed by atoms with van der Waals surface area (Å²) in [6, 6.07) is 6.79. The molecule has 0 aliphatic carbocycles. The van der Waals surface area contributed by atoms with Crippen LogP contribution < -0.4 is 15.4 Å². The van der Waals surface area contributed by atoms with E-state index in [0.29, 0.717) is 6.04 Å². The van der Waals surface area contributed by atoms with Gasteiger partial charge in [0.1, 0.15) is 5.75 Å². The Bertz CT molecular complexity index is 356. The first-order valence-electron chi connectivity index (χ1n) is 6.40. The predicted molar refractivity (Wildman–Crippen MR) is 80.4 cm³/mol. The van der Waals surface area contributed by atoms with Crippen LogP contribution in [0.5, 0.6) is 5.75 Å². The number of ether oxygens (including phenoxy) is 1. The van der Waals surface area contributed by atoms with E-state index in [1.165, 1.54) is 5.56 Å². The second kappa shape index (κ2) is 8.51. The molecule has 1 rings (SSSR count). The lowest BCUT2D eigenvalue weighted by Gasteiger charge is -2.09. The van der Waals surface area contributed by atoms with E-state index < -0.39 is 0 Å². The summed E-state index contributed by atoms with van der Waals surface area (Å²) >= 11 is 3.50. The highest BCUT2D eigenvalue weighted by atomic mass is 79.9. The van der Waals surface area contributed by atoms with Crippen LogP contribution in [-0.4, -0.2) is 32.8 Å². The molecule has 18 heavy (non-hydrogen) atoms. The maximum atomic E-state index is 5.21.